The first-order valence-electron chi connectivity index (χ1n) is 6.43. The number of rotatable bonds is 3. The van der Waals surface area contributed by atoms with Crippen LogP contribution in [0.1, 0.15) is 38.2 Å². The topological polar surface area (TPSA) is 86.0 Å². The number of carboxylic acids is 1. The molecule has 2 N–H and O–H groups in total. The molecule has 0 saturated heterocycles. The molecule has 0 amide bonds. The van der Waals surface area contributed by atoms with Gasteiger partial charge in [0.05, 0.1) is 5.56 Å². The summed E-state index contributed by atoms with van der Waals surface area (Å²) in [5.74, 6) is 0.254. The monoisotopic (exact) mass is 259 g/mol. The third-order valence-electron chi connectivity index (χ3n) is 3.80. The molecule has 0 aromatic carbocycles. The molecule has 1 aliphatic rings. The van der Waals surface area contributed by atoms with E-state index in [9.17, 15) is 9.90 Å². The van der Waals surface area contributed by atoms with Crippen LogP contribution >= 0.6 is 0 Å². The largest absolute Gasteiger partial charge is 0.480 e. The Balaban J connectivity index is 2.17. The Labute approximate surface area is 112 Å². The number of hydrogen-bond donors (Lipinski definition) is 2. The highest BCUT2D eigenvalue weighted by Gasteiger charge is 2.41. The van der Waals surface area contributed by atoms with Crippen LogP contribution in [0.25, 0.3) is 0 Å². The van der Waals surface area contributed by atoms with Gasteiger partial charge in [-0.1, -0.05) is 6.92 Å². The molecular formula is C14H17N3O2. The SMILES string of the molecule is CC1CCC(Nc2ccc(C#N)cn2)(C(=O)O)CC1. The minimum Gasteiger partial charge on any atom is -0.480 e. The van der Waals surface area contributed by atoms with Gasteiger partial charge in [-0.05, 0) is 43.7 Å². The number of nitrogens with one attached hydrogen (secondary N) is 1. The normalized spacial score (nSPS) is 26.4. The maximum atomic E-state index is 11.6. The number of hydrogen-bond acceptors (Lipinski definition) is 4. The van der Waals surface area contributed by atoms with Crippen molar-refractivity contribution in [1.82, 2.24) is 4.98 Å². The number of carbonyl (C=O) groups is 1. The van der Waals surface area contributed by atoms with Crippen LogP contribution in [-0.2, 0) is 4.79 Å². The van der Waals surface area contributed by atoms with Crippen molar-refractivity contribution in [2.24, 2.45) is 5.92 Å². The number of aromatic nitrogens is 1. The first kappa shape index (κ1) is 13.3. The van der Waals surface area contributed by atoms with Crippen LogP contribution in [0, 0.1) is 17.2 Å². The maximum Gasteiger partial charge on any atom is 0.329 e. The molecule has 0 spiro atoms. The first-order valence-corrected chi connectivity index (χ1v) is 6.43. The Morgan fingerprint density at radius 3 is 2.68 bits per heavy atom. The molecule has 0 unspecified atom stereocenters. The summed E-state index contributed by atoms with van der Waals surface area (Å²) in [5, 5.41) is 21.3. The van der Waals surface area contributed by atoms with Crippen LogP contribution in [0.3, 0.4) is 0 Å². The van der Waals surface area contributed by atoms with Crippen LogP contribution in [0.4, 0.5) is 5.82 Å². The molecule has 1 saturated carbocycles. The van der Waals surface area contributed by atoms with Crippen molar-refractivity contribution in [3.05, 3.63) is 23.9 Å². The summed E-state index contributed by atoms with van der Waals surface area (Å²) >= 11 is 0. The molecule has 0 bridgehead atoms. The van der Waals surface area contributed by atoms with Crippen molar-refractivity contribution in [1.29, 1.82) is 5.26 Å². The highest BCUT2D eigenvalue weighted by atomic mass is 16.4. The maximum absolute atomic E-state index is 11.6. The Hall–Kier alpha value is -2.09. The van der Waals surface area contributed by atoms with E-state index in [0.717, 1.165) is 12.8 Å². The van der Waals surface area contributed by atoms with Gasteiger partial charge in [-0.3, -0.25) is 0 Å². The fourth-order valence-corrected chi connectivity index (χ4v) is 2.43. The Bertz CT molecular complexity index is 496. The first-order chi connectivity index (χ1) is 9.05. The van der Waals surface area contributed by atoms with Gasteiger partial charge in [0.15, 0.2) is 0 Å². The molecule has 5 heteroatoms. The van der Waals surface area contributed by atoms with Crippen LogP contribution < -0.4 is 5.32 Å². The van der Waals surface area contributed by atoms with Gasteiger partial charge in [-0.2, -0.15) is 5.26 Å². The van der Waals surface area contributed by atoms with Crippen molar-refractivity contribution < 1.29 is 9.90 Å². The molecule has 1 heterocycles. The summed E-state index contributed by atoms with van der Waals surface area (Å²) in [6.07, 6.45) is 4.45. The summed E-state index contributed by atoms with van der Waals surface area (Å²) in [6.45, 7) is 2.14. The lowest BCUT2D eigenvalue weighted by Crippen LogP contribution is -2.49. The quantitative estimate of drug-likeness (QED) is 0.870. The molecule has 1 aromatic rings. The predicted molar refractivity (Wildman–Crippen MR) is 70.6 cm³/mol. The van der Waals surface area contributed by atoms with Crippen molar-refractivity contribution >= 4 is 11.8 Å². The van der Waals surface area contributed by atoms with Crippen LogP contribution in [0.15, 0.2) is 18.3 Å². The predicted octanol–water partition coefficient (Wildman–Crippen LogP) is 2.40. The van der Waals surface area contributed by atoms with Gasteiger partial charge in [0.2, 0.25) is 0 Å². The van der Waals surface area contributed by atoms with Crippen molar-refractivity contribution in [2.75, 3.05) is 5.32 Å². The highest BCUT2D eigenvalue weighted by Crippen LogP contribution is 2.34. The zero-order chi connectivity index (χ0) is 13.9. The number of carboxylic acid groups (broad SMARTS) is 1. The van der Waals surface area contributed by atoms with Gasteiger partial charge in [-0.15, -0.1) is 0 Å². The van der Waals surface area contributed by atoms with E-state index in [1.807, 2.05) is 6.07 Å². The second-order valence-electron chi connectivity index (χ2n) is 5.24. The lowest BCUT2D eigenvalue weighted by Gasteiger charge is -2.36. The molecule has 1 aliphatic carbocycles. The van der Waals surface area contributed by atoms with E-state index in [0.29, 0.717) is 30.1 Å². The molecule has 19 heavy (non-hydrogen) atoms. The Kier molecular flexibility index (Phi) is 3.70. The molecule has 1 fully saturated rings. The number of pyridine rings is 1. The van der Waals surface area contributed by atoms with E-state index in [1.54, 1.807) is 12.1 Å². The molecule has 100 valence electrons. The van der Waals surface area contributed by atoms with E-state index in [2.05, 4.69) is 17.2 Å². The molecule has 1 aromatic heterocycles. The van der Waals surface area contributed by atoms with Gasteiger partial charge < -0.3 is 10.4 Å². The van der Waals surface area contributed by atoms with E-state index < -0.39 is 11.5 Å². The van der Waals surface area contributed by atoms with E-state index >= 15 is 0 Å². The molecular weight excluding hydrogens is 242 g/mol. The van der Waals surface area contributed by atoms with Gasteiger partial charge >= 0.3 is 5.97 Å². The molecule has 0 aliphatic heterocycles. The number of anilines is 1. The van der Waals surface area contributed by atoms with E-state index in [4.69, 9.17) is 5.26 Å². The van der Waals surface area contributed by atoms with Gasteiger partial charge in [0.1, 0.15) is 17.4 Å². The number of nitrogens with zero attached hydrogens (tertiary/aromatic N) is 2. The second kappa shape index (κ2) is 5.27. The molecule has 2 rings (SSSR count). The second-order valence-corrected chi connectivity index (χ2v) is 5.24. The van der Waals surface area contributed by atoms with Crippen molar-refractivity contribution in [3.63, 3.8) is 0 Å². The third-order valence-corrected chi connectivity index (χ3v) is 3.80. The van der Waals surface area contributed by atoms with Crippen molar-refractivity contribution in [2.45, 2.75) is 38.1 Å². The van der Waals surface area contributed by atoms with Gasteiger partial charge in [0, 0.05) is 6.20 Å². The smallest absolute Gasteiger partial charge is 0.329 e. The fraction of sp³-hybridized carbons (Fsp3) is 0.500. The third kappa shape index (κ3) is 2.84. The molecule has 0 radical (unpaired) electrons. The lowest BCUT2D eigenvalue weighted by atomic mass is 9.77. The van der Waals surface area contributed by atoms with Crippen LogP contribution in [0.2, 0.25) is 0 Å². The number of aliphatic carboxylic acids is 1. The molecule has 5 nitrogen and oxygen atoms in total. The zero-order valence-electron chi connectivity index (χ0n) is 10.9. The average Bonchev–Trinajstić information content (AvgIpc) is 2.42. The van der Waals surface area contributed by atoms with Gasteiger partial charge in [0.25, 0.3) is 0 Å². The minimum atomic E-state index is -0.923. The fourth-order valence-electron chi connectivity index (χ4n) is 2.43. The van der Waals surface area contributed by atoms with Crippen LogP contribution in [-0.4, -0.2) is 21.6 Å². The standard InChI is InChI=1S/C14H17N3O2/c1-10-4-6-14(7-5-10,13(18)19)17-12-3-2-11(8-15)9-16-12/h2-3,9-10H,4-7H2,1H3,(H,16,17)(H,18,19). The zero-order valence-corrected chi connectivity index (χ0v) is 10.9. The van der Waals surface area contributed by atoms with Gasteiger partial charge in [-0.25, -0.2) is 9.78 Å². The van der Waals surface area contributed by atoms with E-state index in [-0.39, 0.29) is 0 Å². The minimum absolute atomic E-state index is 0.465. The Morgan fingerprint density at radius 1 is 1.53 bits per heavy atom. The Morgan fingerprint density at radius 2 is 2.21 bits per heavy atom. The summed E-state index contributed by atoms with van der Waals surface area (Å²) in [4.78, 5) is 15.7. The summed E-state index contributed by atoms with van der Waals surface area (Å²) < 4.78 is 0. The van der Waals surface area contributed by atoms with Crippen LogP contribution in [0.5, 0.6) is 0 Å². The number of nitriles is 1. The van der Waals surface area contributed by atoms with Crippen molar-refractivity contribution in [3.8, 4) is 6.07 Å². The summed E-state index contributed by atoms with van der Waals surface area (Å²) in [7, 11) is 0. The summed E-state index contributed by atoms with van der Waals surface area (Å²) in [6, 6.07) is 5.28. The summed E-state index contributed by atoms with van der Waals surface area (Å²) in [5.41, 5.74) is -0.458. The molecule has 0 atom stereocenters. The average molecular weight is 259 g/mol. The lowest BCUT2D eigenvalue weighted by molar-refractivity contribution is -0.143. The van der Waals surface area contributed by atoms with E-state index in [1.165, 1.54) is 6.20 Å². The highest BCUT2D eigenvalue weighted by molar-refractivity contribution is 5.82.